The smallest absolute Gasteiger partial charge is 0.191 e. The van der Waals surface area contributed by atoms with Crippen molar-refractivity contribution >= 4 is 11.4 Å². The maximum atomic E-state index is 9.74. The average Bonchev–Trinajstić information content (AvgIpc) is 2.14. The first kappa shape index (κ1) is 13.3. The first-order chi connectivity index (χ1) is 6.46. The number of unbranched alkanes of at least 4 members (excludes halogenated alkanes) is 1. The van der Waals surface area contributed by atoms with E-state index in [1.54, 1.807) is 0 Å². The lowest BCUT2D eigenvalue weighted by Gasteiger charge is -2.24. The van der Waals surface area contributed by atoms with Crippen molar-refractivity contribution in [3.8, 4) is 0 Å². The standard InChI is InChI=1S/C10H21N3O/c1-3-5-7-9(12)10(13,14)8(11)6-4-2/h11-12,14H,3-7,13H2,1-2H3. The topological polar surface area (TPSA) is 94.0 Å². The Labute approximate surface area is 85.5 Å². The second-order valence-electron chi connectivity index (χ2n) is 3.58. The predicted octanol–water partition coefficient (Wildman–Crippen LogP) is 1.66. The van der Waals surface area contributed by atoms with E-state index in [0.29, 0.717) is 12.8 Å². The van der Waals surface area contributed by atoms with Crippen LogP contribution in [0.2, 0.25) is 0 Å². The lowest BCUT2D eigenvalue weighted by Crippen LogP contribution is -2.54. The van der Waals surface area contributed by atoms with Gasteiger partial charge >= 0.3 is 0 Å². The van der Waals surface area contributed by atoms with Crippen LogP contribution in [0.3, 0.4) is 0 Å². The van der Waals surface area contributed by atoms with Crippen molar-refractivity contribution in [2.24, 2.45) is 5.73 Å². The minimum Gasteiger partial charge on any atom is -0.366 e. The summed E-state index contributed by atoms with van der Waals surface area (Å²) >= 11 is 0. The Bertz CT molecular complexity index is 211. The van der Waals surface area contributed by atoms with E-state index in [-0.39, 0.29) is 11.4 Å². The van der Waals surface area contributed by atoms with Gasteiger partial charge in [-0.2, -0.15) is 0 Å². The van der Waals surface area contributed by atoms with Gasteiger partial charge in [0, 0.05) is 0 Å². The number of nitrogens with two attached hydrogens (primary N) is 1. The maximum absolute atomic E-state index is 9.74. The molecular weight excluding hydrogens is 178 g/mol. The Kier molecular flexibility index (Phi) is 5.57. The van der Waals surface area contributed by atoms with Crippen molar-refractivity contribution in [2.45, 2.75) is 51.7 Å². The average molecular weight is 199 g/mol. The van der Waals surface area contributed by atoms with Crippen LogP contribution in [0, 0.1) is 10.8 Å². The van der Waals surface area contributed by atoms with Gasteiger partial charge in [0.1, 0.15) is 0 Å². The Morgan fingerprint density at radius 2 is 1.64 bits per heavy atom. The molecule has 82 valence electrons. The number of hydrogen-bond acceptors (Lipinski definition) is 4. The summed E-state index contributed by atoms with van der Waals surface area (Å²) in [5, 5.41) is 24.9. The van der Waals surface area contributed by atoms with Crippen LogP contribution in [-0.2, 0) is 0 Å². The summed E-state index contributed by atoms with van der Waals surface area (Å²) in [5.41, 5.74) is 3.82. The van der Waals surface area contributed by atoms with Crippen molar-refractivity contribution in [3.63, 3.8) is 0 Å². The molecule has 0 heterocycles. The van der Waals surface area contributed by atoms with Crippen LogP contribution in [-0.4, -0.2) is 22.3 Å². The van der Waals surface area contributed by atoms with Crippen LogP contribution in [0.4, 0.5) is 0 Å². The van der Waals surface area contributed by atoms with E-state index in [4.69, 9.17) is 16.6 Å². The van der Waals surface area contributed by atoms with Crippen LogP contribution in [0.25, 0.3) is 0 Å². The van der Waals surface area contributed by atoms with Crippen molar-refractivity contribution in [2.75, 3.05) is 0 Å². The van der Waals surface area contributed by atoms with E-state index in [1.807, 2.05) is 13.8 Å². The molecule has 4 nitrogen and oxygen atoms in total. The Morgan fingerprint density at radius 1 is 1.14 bits per heavy atom. The summed E-state index contributed by atoms with van der Waals surface area (Å²) in [6.45, 7) is 3.93. The zero-order chi connectivity index (χ0) is 11.2. The molecule has 0 rings (SSSR count). The first-order valence-corrected chi connectivity index (χ1v) is 5.13. The monoisotopic (exact) mass is 199 g/mol. The molecule has 0 aromatic rings. The lowest BCUT2D eigenvalue weighted by molar-refractivity contribution is 0.184. The third kappa shape index (κ3) is 3.55. The number of rotatable bonds is 7. The Morgan fingerprint density at radius 3 is 2.07 bits per heavy atom. The molecule has 0 spiro atoms. The molecule has 0 saturated carbocycles. The van der Waals surface area contributed by atoms with Gasteiger partial charge in [-0.3, -0.25) is 5.73 Å². The van der Waals surface area contributed by atoms with Gasteiger partial charge in [0.05, 0.1) is 11.4 Å². The van der Waals surface area contributed by atoms with E-state index >= 15 is 0 Å². The molecule has 0 bridgehead atoms. The van der Waals surface area contributed by atoms with Crippen LogP contribution < -0.4 is 5.73 Å². The van der Waals surface area contributed by atoms with Gasteiger partial charge in [-0.05, 0) is 19.3 Å². The minimum absolute atomic E-state index is 0.0427. The highest BCUT2D eigenvalue weighted by Crippen LogP contribution is 2.10. The Balaban J connectivity index is 4.28. The number of hydrogen-bond donors (Lipinski definition) is 4. The summed E-state index contributed by atoms with van der Waals surface area (Å²) in [4.78, 5) is 0. The van der Waals surface area contributed by atoms with Crippen LogP contribution in [0.5, 0.6) is 0 Å². The van der Waals surface area contributed by atoms with Gasteiger partial charge in [0.25, 0.3) is 0 Å². The summed E-state index contributed by atoms with van der Waals surface area (Å²) in [7, 11) is 0. The molecule has 0 aliphatic carbocycles. The molecule has 0 aromatic carbocycles. The molecule has 0 aromatic heterocycles. The number of nitrogens with one attached hydrogen (secondary N) is 2. The second-order valence-corrected chi connectivity index (χ2v) is 3.58. The quantitative estimate of drug-likeness (QED) is 0.371. The summed E-state index contributed by atoms with van der Waals surface area (Å²) in [5.74, 6) is 0. The van der Waals surface area contributed by atoms with E-state index in [9.17, 15) is 5.11 Å². The molecular formula is C10H21N3O. The summed E-state index contributed by atoms with van der Waals surface area (Å²) in [6.07, 6.45) is 3.47. The molecule has 0 amide bonds. The highest BCUT2D eigenvalue weighted by atomic mass is 16.3. The lowest BCUT2D eigenvalue weighted by atomic mass is 9.95. The van der Waals surface area contributed by atoms with Gasteiger partial charge in [0.15, 0.2) is 5.72 Å². The molecule has 5 N–H and O–H groups in total. The molecule has 1 atom stereocenters. The van der Waals surface area contributed by atoms with Crippen molar-refractivity contribution in [3.05, 3.63) is 0 Å². The van der Waals surface area contributed by atoms with Crippen LogP contribution in [0.15, 0.2) is 0 Å². The van der Waals surface area contributed by atoms with Crippen molar-refractivity contribution in [1.29, 1.82) is 10.8 Å². The largest absolute Gasteiger partial charge is 0.366 e. The molecule has 4 heteroatoms. The van der Waals surface area contributed by atoms with Crippen molar-refractivity contribution < 1.29 is 5.11 Å². The molecule has 14 heavy (non-hydrogen) atoms. The van der Waals surface area contributed by atoms with E-state index < -0.39 is 5.72 Å². The SMILES string of the molecule is CCCCC(=N)C(N)(O)C(=N)CCC. The molecule has 0 radical (unpaired) electrons. The minimum atomic E-state index is -1.81. The fourth-order valence-electron chi connectivity index (χ4n) is 1.17. The highest BCUT2D eigenvalue weighted by molar-refractivity contribution is 6.11. The predicted molar refractivity (Wildman–Crippen MR) is 59.0 cm³/mol. The molecule has 1 unspecified atom stereocenters. The normalized spacial score (nSPS) is 14.9. The summed E-state index contributed by atoms with van der Waals surface area (Å²) in [6, 6.07) is 0. The molecule has 0 aliphatic heterocycles. The molecule has 0 aliphatic rings. The van der Waals surface area contributed by atoms with Gasteiger partial charge in [-0.15, -0.1) is 0 Å². The molecule has 0 fully saturated rings. The number of aliphatic hydroxyl groups is 1. The van der Waals surface area contributed by atoms with Gasteiger partial charge in [0.2, 0.25) is 0 Å². The first-order valence-electron chi connectivity index (χ1n) is 5.13. The van der Waals surface area contributed by atoms with Gasteiger partial charge < -0.3 is 15.9 Å². The third-order valence-corrected chi connectivity index (χ3v) is 2.20. The third-order valence-electron chi connectivity index (χ3n) is 2.20. The maximum Gasteiger partial charge on any atom is 0.191 e. The van der Waals surface area contributed by atoms with Crippen LogP contribution in [0.1, 0.15) is 46.0 Å². The fourth-order valence-corrected chi connectivity index (χ4v) is 1.17. The molecule has 0 saturated heterocycles. The van der Waals surface area contributed by atoms with E-state index in [1.165, 1.54) is 0 Å². The zero-order valence-electron chi connectivity index (χ0n) is 9.06. The Hall–Kier alpha value is -0.740. The second kappa shape index (κ2) is 5.88. The van der Waals surface area contributed by atoms with Gasteiger partial charge in [-0.25, -0.2) is 0 Å². The highest BCUT2D eigenvalue weighted by Gasteiger charge is 2.31. The van der Waals surface area contributed by atoms with E-state index in [0.717, 1.165) is 19.3 Å². The van der Waals surface area contributed by atoms with Crippen molar-refractivity contribution in [1.82, 2.24) is 0 Å². The van der Waals surface area contributed by atoms with E-state index in [2.05, 4.69) is 0 Å². The van der Waals surface area contributed by atoms with Crippen LogP contribution >= 0.6 is 0 Å². The summed E-state index contributed by atoms with van der Waals surface area (Å²) < 4.78 is 0. The zero-order valence-corrected chi connectivity index (χ0v) is 9.06. The van der Waals surface area contributed by atoms with Gasteiger partial charge in [-0.1, -0.05) is 26.7 Å². The fraction of sp³-hybridized carbons (Fsp3) is 0.800.